The van der Waals surface area contributed by atoms with Gasteiger partial charge in [-0.2, -0.15) is 0 Å². The number of carboxylic acid groups (broad SMARTS) is 2. The molecule has 6 heteroatoms. The van der Waals surface area contributed by atoms with Gasteiger partial charge in [0.25, 0.3) is 0 Å². The number of ether oxygens (including phenoxy) is 1. The molecule has 0 amide bonds. The van der Waals surface area contributed by atoms with E-state index in [0.717, 1.165) is 44.6 Å². The molecule has 0 heterocycles. The van der Waals surface area contributed by atoms with Crippen LogP contribution < -0.4 is 0 Å². The molecule has 0 spiro atoms. The Balaban J connectivity index is 2.72. The number of unbranched alkanes of at least 4 members (excludes halogenated alkanes) is 11. The van der Waals surface area contributed by atoms with Crippen molar-refractivity contribution in [3.63, 3.8) is 0 Å². The minimum absolute atomic E-state index is 0.0972. The molecule has 186 valence electrons. The molecule has 1 rings (SSSR count). The Labute approximate surface area is 198 Å². The normalized spacial score (nSPS) is 11.8. The lowest BCUT2D eigenvalue weighted by Gasteiger charge is -2.19. The minimum atomic E-state index is -1.34. The topological polar surface area (TPSA) is 101 Å². The van der Waals surface area contributed by atoms with Crippen LogP contribution in [0.25, 0.3) is 0 Å². The van der Waals surface area contributed by atoms with Gasteiger partial charge in [0.1, 0.15) is 6.10 Å². The second-order valence-corrected chi connectivity index (χ2v) is 8.86. The van der Waals surface area contributed by atoms with Crippen LogP contribution in [0.15, 0.2) is 18.2 Å². The van der Waals surface area contributed by atoms with Gasteiger partial charge in [-0.1, -0.05) is 84.5 Å². The zero-order valence-electron chi connectivity index (χ0n) is 20.4. The van der Waals surface area contributed by atoms with Gasteiger partial charge in [0.05, 0.1) is 16.7 Å². The van der Waals surface area contributed by atoms with Crippen molar-refractivity contribution in [1.82, 2.24) is 0 Å². The van der Waals surface area contributed by atoms with Crippen LogP contribution in [0, 0.1) is 0 Å². The lowest BCUT2D eigenvalue weighted by atomic mass is 10.0. The quantitative estimate of drug-likeness (QED) is 0.163. The van der Waals surface area contributed by atoms with E-state index in [1.165, 1.54) is 69.9 Å². The number of esters is 1. The van der Waals surface area contributed by atoms with Crippen LogP contribution in [0.5, 0.6) is 0 Å². The molecule has 0 aromatic heterocycles. The average molecular weight is 463 g/mol. The van der Waals surface area contributed by atoms with Crippen LogP contribution in [-0.2, 0) is 4.74 Å². The molecule has 0 fully saturated rings. The minimum Gasteiger partial charge on any atom is -0.478 e. The number of carbonyl (C=O) groups is 3. The molecule has 0 saturated carbocycles. The van der Waals surface area contributed by atoms with Crippen LogP contribution in [0.4, 0.5) is 0 Å². The zero-order valence-corrected chi connectivity index (χ0v) is 20.4. The molecule has 1 aromatic rings. The van der Waals surface area contributed by atoms with Gasteiger partial charge >= 0.3 is 17.9 Å². The van der Waals surface area contributed by atoms with E-state index in [1.807, 2.05) is 0 Å². The Hall–Kier alpha value is -2.37. The first-order valence-electron chi connectivity index (χ1n) is 12.7. The third-order valence-electron chi connectivity index (χ3n) is 6.00. The van der Waals surface area contributed by atoms with Crippen LogP contribution in [-0.4, -0.2) is 34.2 Å². The van der Waals surface area contributed by atoms with Crippen molar-refractivity contribution in [3.05, 3.63) is 34.9 Å². The summed E-state index contributed by atoms with van der Waals surface area (Å²) in [5.41, 5.74) is -0.607. The lowest BCUT2D eigenvalue weighted by molar-refractivity contribution is 0.0243. The number of carbonyl (C=O) groups excluding carboxylic acids is 1. The van der Waals surface area contributed by atoms with Crippen molar-refractivity contribution in [2.45, 2.75) is 116 Å². The molecule has 1 unspecified atom stereocenters. The standard InChI is InChI=1S/C27H42O6/c1-3-5-7-9-11-13-15-17-22(16-14-12-10-8-6-4-2)33-27(32)23-19-18-21(25(28)29)20-24(23)26(30)31/h18-20,22H,3-17H2,1-2H3,(H,28,29)(H,30,31). The van der Waals surface area contributed by atoms with Gasteiger partial charge in [-0.3, -0.25) is 0 Å². The molecule has 33 heavy (non-hydrogen) atoms. The summed E-state index contributed by atoms with van der Waals surface area (Å²) < 4.78 is 5.75. The molecule has 1 atom stereocenters. The summed E-state index contributed by atoms with van der Waals surface area (Å²) in [6.45, 7) is 4.39. The van der Waals surface area contributed by atoms with Gasteiger partial charge in [0, 0.05) is 0 Å². The predicted octanol–water partition coefficient (Wildman–Crippen LogP) is 7.50. The van der Waals surface area contributed by atoms with E-state index in [9.17, 15) is 19.5 Å². The second-order valence-electron chi connectivity index (χ2n) is 8.86. The van der Waals surface area contributed by atoms with Crippen molar-refractivity contribution in [1.29, 1.82) is 0 Å². The number of hydrogen-bond acceptors (Lipinski definition) is 4. The first-order valence-corrected chi connectivity index (χ1v) is 12.7. The number of aromatic carboxylic acids is 2. The first-order chi connectivity index (χ1) is 15.9. The van der Waals surface area contributed by atoms with E-state index in [0.29, 0.717) is 0 Å². The van der Waals surface area contributed by atoms with Crippen molar-refractivity contribution in [2.75, 3.05) is 0 Å². The van der Waals surface area contributed by atoms with Crippen molar-refractivity contribution < 1.29 is 29.3 Å². The van der Waals surface area contributed by atoms with Crippen LogP contribution in [0.1, 0.15) is 141 Å². The van der Waals surface area contributed by atoms with Crippen LogP contribution >= 0.6 is 0 Å². The Morgan fingerprint density at radius 3 is 1.64 bits per heavy atom. The number of carboxylic acids is 2. The van der Waals surface area contributed by atoms with E-state index >= 15 is 0 Å². The van der Waals surface area contributed by atoms with Crippen LogP contribution in [0.3, 0.4) is 0 Å². The van der Waals surface area contributed by atoms with E-state index in [4.69, 9.17) is 9.84 Å². The summed E-state index contributed by atoms with van der Waals surface area (Å²) in [6.07, 6.45) is 16.4. The molecular formula is C27H42O6. The molecule has 0 aliphatic heterocycles. The fourth-order valence-electron chi connectivity index (χ4n) is 3.99. The predicted molar refractivity (Wildman–Crippen MR) is 130 cm³/mol. The first kappa shape index (κ1) is 28.7. The number of benzene rings is 1. The molecule has 0 aliphatic carbocycles. The third-order valence-corrected chi connectivity index (χ3v) is 6.00. The third kappa shape index (κ3) is 11.9. The molecule has 1 aromatic carbocycles. The van der Waals surface area contributed by atoms with Gasteiger partial charge in [-0.25, -0.2) is 14.4 Å². The van der Waals surface area contributed by atoms with Gasteiger partial charge in [-0.15, -0.1) is 0 Å². The van der Waals surface area contributed by atoms with E-state index in [-0.39, 0.29) is 22.8 Å². The summed E-state index contributed by atoms with van der Waals surface area (Å²) in [7, 11) is 0. The maximum absolute atomic E-state index is 12.8. The SMILES string of the molecule is CCCCCCCCCC(CCCCCCCC)OC(=O)c1ccc(C(=O)O)cc1C(=O)O. The van der Waals surface area contributed by atoms with Crippen molar-refractivity contribution in [2.24, 2.45) is 0 Å². The molecular weight excluding hydrogens is 420 g/mol. The van der Waals surface area contributed by atoms with Gasteiger partial charge in [0.15, 0.2) is 0 Å². The Bertz CT molecular complexity index is 727. The van der Waals surface area contributed by atoms with Gasteiger partial charge in [-0.05, 0) is 43.9 Å². The Morgan fingerprint density at radius 2 is 1.18 bits per heavy atom. The van der Waals surface area contributed by atoms with E-state index < -0.39 is 17.9 Å². The largest absolute Gasteiger partial charge is 0.478 e. The lowest BCUT2D eigenvalue weighted by Crippen LogP contribution is -2.21. The summed E-state index contributed by atoms with van der Waals surface area (Å²) in [5, 5.41) is 18.6. The molecule has 2 N–H and O–H groups in total. The molecule has 0 radical (unpaired) electrons. The Kier molecular flexibility index (Phi) is 14.9. The average Bonchev–Trinajstić information content (AvgIpc) is 2.79. The monoisotopic (exact) mass is 462 g/mol. The highest BCUT2D eigenvalue weighted by Gasteiger charge is 2.23. The molecule has 6 nitrogen and oxygen atoms in total. The maximum Gasteiger partial charge on any atom is 0.339 e. The highest BCUT2D eigenvalue weighted by molar-refractivity contribution is 6.04. The van der Waals surface area contributed by atoms with Gasteiger partial charge < -0.3 is 14.9 Å². The second kappa shape index (κ2) is 17.2. The highest BCUT2D eigenvalue weighted by Crippen LogP contribution is 2.20. The Morgan fingerprint density at radius 1 is 0.697 bits per heavy atom. The van der Waals surface area contributed by atoms with E-state index in [2.05, 4.69) is 13.8 Å². The maximum atomic E-state index is 12.8. The fourth-order valence-corrected chi connectivity index (χ4v) is 3.99. The number of rotatable bonds is 19. The molecule has 0 saturated heterocycles. The summed E-state index contributed by atoms with van der Waals surface area (Å²) >= 11 is 0. The molecule has 0 aliphatic rings. The smallest absolute Gasteiger partial charge is 0.339 e. The molecule has 0 bridgehead atoms. The summed E-state index contributed by atoms with van der Waals surface area (Å²) in [6, 6.07) is 3.50. The summed E-state index contributed by atoms with van der Waals surface area (Å²) in [4.78, 5) is 35.6. The van der Waals surface area contributed by atoms with Gasteiger partial charge in [0.2, 0.25) is 0 Å². The van der Waals surface area contributed by atoms with Crippen molar-refractivity contribution in [3.8, 4) is 0 Å². The summed E-state index contributed by atoms with van der Waals surface area (Å²) in [5.74, 6) is -3.27. The number of hydrogen-bond donors (Lipinski definition) is 2. The van der Waals surface area contributed by atoms with E-state index in [1.54, 1.807) is 0 Å². The fraction of sp³-hybridized carbons (Fsp3) is 0.667. The highest BCUT2D eigenvalue weighted by atomic mass is 16.5. The van der Waals surface area contributed by atoms with Crippen LogP contribution in [0.2, 0.25) is 0 Å². The zero-order chi connectivity index (χ0) is 24.5. The van der Waals surface area contributed by atoms with Crippen molar-refractivity contribution >= 4 is 17.9 Å².